The summed E-state index contributed by atoms with van der Waals surface area (Å²) in [7, 11) is 0. The molecule has 0 saturated carbocycles. The lowest BCUT2D eigenvalue weighted by Crippen LogP contribution is -2.45. The third-order valence-electron chi connectivity index (χ3n) is 3.75. The summed E-state index contributed by atoms with van der Waals surface area (Å²) in [5, 5.41) is 9.19. The van der Waals surface area contributed by atoms with Crippen LogP contribution in [0.15, 0.2) is 0 Å². The number of hydrogen-bond acceptors (Lipinski definition) is 3. The first-order valence-electron chi connectivity index (χ1n) is 6.29. The number of aliphatic carboxylic acids is 1. The molecule has 7 heteroatoms. The molecule has 1 aliphatic heterocycles. The van der Waals surface area contributed by atoms with E-state index in [9.17, 15) is 23.1 Å². The molecule has 0 aromatic carbocycles. The molecule has 1 aliphatic rings. The van der Waals surface area contributed by atoms with E-state index in [-0.39, 0.29) is 23.4 Å². The number of carboxylic acids is 1. The molecule has 112 valence electrons. The fourth-order valence-corrected chi connectivity index (χ4v) is 2.89. The van der Waals surface area contributed by atoms with Crippen molar-refractivity contribution in [3.63, 3.8) is 0 Å². The molecule has 0 spiro atoms. The van der Waals surface area contributed by atoms with Gasteiger partial charge in [0.1, 0.15) is 0 Å². The minimum atomic E-state index is -4.18. The van der Waals surface area contributed by atoms with E-state index in [1.807, 2.05) is 4.90 Å². The third-order valence-corrected chi connectivity index (χ3v) is 4.46. The summed E-state index contributed by atoms with van der Waals surface area (Å²) in [6.45, 7) is 5.06. The number of piperidine rings is 1. The zero-order valence-electron chi connectivity index (χ0n) is 11.2. The summed E-state index contributed by atoms with van der Waals surface area (Å²) < 4.78 is 36.1. The maximum absolute atomic E-state index is 12.0. The lowest BCUT2D eigenvalue weighted by molar-refractivity contribution is -0.151. The van der Waals surface area contributed by atoms with Crippen LogP contribution < -0.4 is 0 Å². The van der Waals surface area contributed by atoms with Gasteiger partial charge in [0.05, 0.1) is 5.41 Å². The molecule has 19 heavy (non-hydrogen) atoms. The Labute approximate surface area is 115 Å². The number of carboxylic acid groups (broad SMARTS) is 1. The number of rotatable bonds is 5. The van der Waals surface area contributed by atoms with E-state index in [2.05, 4.69) is 0 Å². The molecule has 3 nitrogen and oxygen atoms in total. The molecule has 1 rings (SSSR count). The quantitative estimate of drug-likeness (QED) is 0.847. The summed E-state index contributed by atoms with van der Waals surface area (Å²) in [4.78, 5) is 13.1. The molecule has 0 aromatic rings. The van der Waals surface area contributed by atoms with Crippen LogP contribution in [-0.4, -0.2) is 46.9 Å². The molecule has 0 aromatic heterocycles. The molecule has 0 amide bonds. The van der Waals surface area contributed by atoms with Gasteiger partial charge in [-0.25, -0.2) is 0 Å². The van der Waals surface area contributed by atoms with E-state index in [4.69, 9.17) is 0 Å². The van der Waals surface area contributed by atoms with Crippen molar-refractivity contribution in [1.29, 1.82) is 0 Å². The Hall–Kier alpha value is -0.430. The lowest BCUT2D eigenvalue weighted by Gasteiger charge is -2.39. The number of likely N-dealkylation sites (tertiary alicyclic amines) is 1. The molecule has 1 N–H and O–H groups in total. The van der Waals surface area contributed by atoms with Crippen molar-refractivity contribution >= 4 is 17.7 Å². The Morgan fingerprint density at radius 1 is 1.42 bits per heavy atom. The Kier molecular flexibility index (Phi) is 5.55. The van der Waals surface area contributed by atoms with E-state index in [1.54, 1.807) is 13.8 Å². The molecule has 1 heterocycles. The molecule has 1 atom stereocenters. The zero-order chi connectivity index (χ0) is 14.7. The number of nitrogens with zero attached hydrogens (tertiary/aromatic N) is 1. The average Bonchev–Trinajstić information content (AvgIpc) is 2.27. The third kappa shape index (κ3) is 5.22. The van der Waals surface area contributed by atoms with Gasteiger partial charge in [0, 0.05) is 18.8 Å². The van der Waals surface area contributed by atoms with Gasteiger partial charge in [0.25, 0.3) is 0 Å². The molecule has 1 unspecified atom stereocenters. The highest BCUT2D eigenvalue weighted by Crippen LogP contribution is 2.35. The zero-order valence-corrected chi connectivity index (χ0v) is 12.0. The second-order valence-electron chi connectivity index (χ2n) is 5.46. The van der Waals surface area contributed by atoms with Crippen molar-refractivity contribution in [2.45, 2.75) is 32.2 Å². The number of carbonyl (C=O) groups is 1. The van der Waals surface area contributed by atoms with Crippen molar-refractivity contribution < 1.29 is 23.1 Å². The van der Waals surface area contributed by atoms with Gasteiger partial charge in [-0.1, -0.05) is 0 Å². The van der Waals surface area contributed by atoms with Gasteiger partial charge >= 0.3 is 11.5 Å². The minimum Gasteiger partial charge on any atom is -0.481 e. The maximum atomic E-state index is 12.0. The first-order valence-corrected chi connectivity index (χ1v) is 7.28. The van der Waals surface area contributed by atoms with Crippen molar-refractivity contribution in [3.05, 3.63) is 0 Å². The molecule has 1 fully saturated rings. The molecular weight excluding hydrogens is 279 g/mol. The summed E-state index contributed by atoms with van der Waals surface area (Å²) in [6.07, 6.45) is 1.67. The van der Waals surface area contributed by atoms with Crippen LogP contribution in [0.2, 0.25) is 0 Å². The van der Waals surface area contributed by atoms with Gasteiger partial charge in [-0.2, -0.15) is 13.2 Å². The van der Waals surface area contributed by atoms with Crippen LogP contribution in [0.4, 0.5) is 13.2 Å². The van der Waals surface area contributed by atoms with Crippen molar-refractivity contribution in [2.24, 2.45) is 11.3 Å². The SMILES string of the molecule is CC(C)(C(=O)O)C1CCCN(CCSC(F)(F)F)C1. The van der Waals surface area contributed by atoms with E-state index >= 15 is 0 Å². The lowest BCUT2D eigenvalue weighted by atomic mass is 9.74. The first kappa shape index (κ1) is 16.6. The predicted octanol–water partition coefficient (Wildman–Crippen LogP) is 3.06. The highest BCUT2D eigenvalue weighted by Gasteiger charge is 2.39. The largest absolute Gasteiger partial charge is 0.481 e. The Balaban J connectivity index is 2.45. The molecular formula is C12H20F3NO2S. The fraction of sp³-hybridized carbons (Fsp3) is 0.917. The second kappa shape index (κ2) is 6.35. The summed E-state index contributed by atoms with van der Waals surface area (Å²) in [6, 6.07) is 0. The maximum Gasteiger partial charge on any atom is 0.441 e. The normalized spacial score (nSPS) is 22.5. The van der Waals surface area contributed by atoms with Gasteiger partial charge in [0.15, 0.2) is 0 Å². The van der Waals surface area contributed by atoms with E-state index in [0.717, 1.165) is 19.4 Å². The number of halogens is 3. The van der Waals surface area contributed by atoms with Gasteiger partial charge in [-0.15, -0.1) is 0 Å². The van der Waals surface area contributed by atoms with E-state index < -0.39 is 16.9 Å². The van der Waals surface area contributed by atoms with Gasteiger partial charge in [-0.3, -0.25) is 4.79 Å². The number of hydrogen-bond donors (Lipinski definition) is 1. The molecule has 0 radical (unpaired) electrons. The van der Waals surface area contributed by atoms with Crippen LogP contribution in [-0.2, 0) is 4.79 Å². The van der Waals surface area contributed by atoms with E-state index in [0.29, 0.717) is 13.1 Å². The van der Waals surface area contributed by atoms with Gasteiger partial charge in [-0.05, 0) is 50.9 Å². The summed E-state index contributed by atoms with van der Waals surface area (Å²) >= 11 is -0.0157. The average molecular weight is 299 g/mol. The Bertz CT molecular complexity index is 321. The predicted molar refractivity (Wildman–Crippen MR) is 69.1 cm³/mol. The highest BCUT2D eigenvalue weighted by molar-refractivity contribution is 8.00. The second-order valence-corrected chi connectivity index (χ2v) is 6.62. The summed E-state index contributed by atoms with van der Waals surface area (Å²) in [5.74, 6) is -0.845. The van der Waals surface area contributed by atoms with E-state index in [1.165, 1.54) is 0 Å². The van der Waals surface area contributed by atoms with Crippen molar-refractivity contribution in [2.75, 3.05) is 25.4 Å². The highest BCUT2D eigenvalue weighted by atomic mass is 32.2. The molecule has 0 bridgehead atoms. The Morgan fingerprint density at radius 3 is 2.58 bits per heavy atom. The molecule has 0 aliphatic carbocycles. The standard InChI is InChI=1S/C12H20F3NO2S/c1-11(2,10(17)18)9-4-3-5-16(8-9)6-7-19-12(13,14)15/h9H,3-8H2,1-2H3,(H,17,18). The van der Waals surface area contributed by atoms with Crippen LogP contribution in [0.1, 0.15) is 26.7 Å². The van der Waals surface area contributed by atoms with Crippen LogP contribution in [0.25, 0.3) is 0 Å². The Morgan fingerprint density at radius 2 is 2.05 bits per heavy atom. The minimum absolute atomic E-state index is 0.00369. The number of thioether (sulfide) groups is 1. The van der Waals surface area contributed by atoms with Gasteiger partial charge in [0.2, 0.25) is 0 Å². The van der Waals surface area contributed by atoms with Crippen molar-refractivity contribution in [1.82, 2.24) is 4.90 Å². The summed E-state index contributed by atoms with van der Waals surface area (Å²) in [5.41, 5.74) is -5.01. The monoisotopic (exact) mass is 299 g/mol. The first-order chi connectivity index (χ1) is 8.63. The van der Waals surface area contributed by atoms with Crippen LogP contribution in [0.5, 0.6) is 0 Å². The van der Waals surface area contributed by atoms with Crippen LogP contribution in [0, 0.1) is 11.3 Å². The smallest absolute Gasteiger partial charge is 0.441 e. The van der Waals surface area contributed by atoms with Gasteiger partial charge < -0.3 is 10.0 Å². The fourth-order valence-electron chi connectivity index (χ4n) is 2.31. The number of alkyl halides is 3. The van der Waals surface area contributed by atoms with Crippen LogP contribution >= 0.6 is 11.8 Å². The molecule has 1 saturated heterocycles. The van der Waals surface area contributed by atoms with Crippen LogP contribution in [0.3, 0.4) is 0 Å². The van der Waals surface area contributed by atoms with Crippen molar-refractivity contribution in [3.8, 4) is 0 Å². The topological polar surface area (TPSA) is 40.5 Å².